The van der Waals surface area contributed by atoms with Crippen molar-refractivity contribution in [3.8, 4) is 17.2 Å². The number of carbonyl (C=O) groups is 1. The van der Waals surface area contributed by atoms with Gasteiger partial charge >= 0.3 is 0 Å². The molecule has 4 N–H and O–H groups in total. The van der Waals surface area contributed by atoms with Crippen molar-refractivity contribution in [2.45, 2.75) is 39.2 Å². The molecule has 5 nitrogen and oxygen atoms in total. The molecular formula is C21H24O5. The Labute approximate surface area is 152 Å². The van der Waals surface area contributed by atoms with Gasteiger partial charge in [-0.1, -0.05) is 12.2 Å². The Morgan fingerprint density at radius 1 is 1.08 bits per heavy atom. The second-order valence-corrected chi connectivity index (χ2v) is 6.78. The molecule has 138 valence electrons. The van der Waals surface area contributed by atoms with Crippen molar-refractivity contribution < 1.29 is 25.2 Å². The number of aryl methyl sites for hydroxylation is 1. The van der Waals surface area contributed by atoms with Crippen LogP contribution in [0.1, 0.15) is 46.0 Å². The lowest BCUT2D eigenvalue weighted by atomic mass is 9.89. The van der Waals surface area contributed by atoms with Crippen molar-refractivity contribution in [3.05, 3.63) is 58.2 Å². The summed E-state index contributed by atoms with van der Waals surface area (Å²) >= 11 is 0. The molecule has 0 aliphatic carbocycles. The van der Waals surface area contributed by atoms with Gasteiger partial charge in [-0.15, -0.1) is 0 Å². The Kier molecular flexibility index (Phi) is 5.73. The SMILES string of the molecule is Cc1cc(O)c(C=O)c(C)c1CCC(C)(O)C=Cc1cc(O)ccc1O. The van der Waals surface area contributed by atoms with E-state index in [0.29, 0.717) is 30.3 Å². The Morgan fingerprint density at radius 3 is 2.42 bits per heavy atom. The third kappa shape index (κ3) is 4.43. The summed E-state index contributed by atoms with van der Waals surface area (Å²) in [5, 5.41) is 39.7. The maximum Gasteiger partial charge on any atom is 0.154 e. The third-order valence-corrected chi connectivity index (χ3v) is 4.59. The number of aliphatic hydroxyl groups is 1. The Morgan fingerprint density at radius 2 is 1.77 bits per heavy atom. The van der Waals surface area contributed by atoms with E-state index in [1.165, 1.54) is 18.2 Å². The summed E-state index contributed by atoms with van der Waals surface area (Å²) in [6.45, 7) is 5.28. The average molecular weight is 356 g/mol. The highest BCUT2D eigenvalue weighted by Gasteiger charge is 2.19. The predicted octanol–water partition coefficient (Wildman–Crippen LogP) is 3.63. The van der Waals surface area contributed by atoms with Crippen LogP contribution in [-0.4, -0.2) is 32.3 Å². The highest BCUT2D eigenvalue weighted by Crippen LogP contribution is 2.29. The molecule has 2 rings (SSSR count). The van der Waals surface area contributed by atoms with E-state index in [1.54, 1.807) is 32.1 Å². The van der Waals surface area contributed by atoms with Crippen molar-refractivity contribution in [1.82, 2.24) is 0 Å². The van der Waals surface area contributed by atoms with Gasteiger partial charge in [-0.3, -0.25) is 4.79 Å². The number of rotatable bonds is 6. The zero-order chi connectivity index (χ0) is 19.5. The molecule has 0 heterocycles. The van der Waals surface area contributed by atoms with Crippen LogP contribution in [0.5, 0.6) is 17.2 Å². The summed E-state index contributed by atoms with van der Waals surface area (Å²) in [5.74, 6) is -0.000655. The van der Waals surface area contributed by atoms with Crippen LogP contribution in [0.2, 0.25) is 0 Å². The maximum absolute atomic E-state index is 11.2. The molecule has 0 aliphatic heterocycles. The highest BCUT2D eigenvalue weighted by molar-refractivity contribution is 5.82. The molecule has 0 fully saturated rings. The molecule has 1 atom stereocenters. The first-order valence-electron chi connectivity index (χ1n) is 8.35. The molecule has 0 saturated heterocycles. The van der Waals surface area contributed by atoms with E-state index in [4.69, 9.17) is 0 Å². The number of aldehydes is 1. The number of benzene rings is 2. The minimum Gasteiger partial charge on any atom is -0.508 e. The van der Waals surface area contributed by atoms with Gasteiger partial charge in [-0.25, -0.2) is 0 Å². The summed E-state index contributed by atoms with van der Waals surface area (Å²) < 4.78 is 0. The second-order valence-electron chi connectivity index (χ2n) is 6.78. The standard InChI is InChI=1S/C21H24O5/c1-13-10-20(25)18(12-22)14(2)17(13)7-9-21(3,26)8-6-15-11-16(23)4-5-19(15)24/h4-6,8,10-12,23-26H,7,9H2,1-3H3. The minimum atomic E-state index is -1.16. The first kappa shape index (κ1) is 19.5. The molecule has 1 unspecified atom stereocenters. The number of phenolic OH excluding ortho intramolecular Hbond substituents is 3. The number of aromatic hydroxyl groups is 3. The number of phenols is 3. The van der Waals surface area contributed by atoms with E-state index in [1.807, 2.05) is 6.92 Å². The van der Waals surface area contributed by atoms with Gasteiger partial charge in [0.05, 0.1) is 11.2 Å². The summed E-state index contributed by atoms with van der Waals surface area (Å²) in [6.07, 6.45) is 4.65. The first-order chi connectivity index (χ1) is 12.1. The zero-order valence-electron chi connectivity index (χ0n) is 15.2. The Hall–Kier alpha value is -2.79. The van der Waals surface area contributed by atoms with Gasteiger partial charge in [0.2, 0.25) is 0 Å². The Bertz CT molecular complexity index is 850. The van der Waals surface area contributed by atoms with Gasteiger partial charge in [0.25, 0.3) is 0 Å². The minimum absolute atomic E-state index is 0.00991. The van der Waals surface area contributed by atoms with Gasteiger partial charge in [0, 0.05) is 5.56 Å². The van der Waals surface area contributed by atoms with E-state index in [0.717, 1.165) is 11.1 Å². The lowest BCUT2D eigenvalue weighted by Crippen LogP contribution is -2.22. The predicted molar refractivity (Wildman–Crippen MR) is 101 cm³/mol. The molecule has 0 bridgehead atoms. The summed E-state index contributed by atoms with van der Waals surface area (Å²) in [7, 11) is 0. The maximum atomic E-state index is 11.2. The van der Waals surface area contributed by atoms with Crippen LogP contribution in [0.25, 0.3) is 6.08 Å². The average Bonchev–Trinajstić information content (AvgIpc) is 2.55. The lowest BCUT2D eigenvalue weighted by molar-refractivity contribution is 0.103. The number of hydrogen-bond acceptors (Lipinski definition) is 5. The molecule has 0 amide bonds. The molecule has 0 aliphatic rings. The summed E-state index contributed by atoms with van der Waals surface area (Å²) in [5.41, 5.74) is 2.00. The molecule has 0 aromatic heterocycles. The van der Waals surface area contributed by atoms with Crippen molar-refractivity contribution in [2.75, 3.05) is 0 Å². The second kappa shape index (κ2) is 7.62. The van der Waals surface area contributed by atoms with Crippen LogP contribution in [0.4, 0.5) is 0 Å². The zero-order valence-corrected chi connectivity index (χ0v) is 15.2. The molecule has 0 saturated carbocycles. The summed E-state index contributed by atoms with van der Waals surface area (Å²) in [4.78, 5) is 11.2. The fourth-order valence-electron chi connectivity index (χ4n) is 2.96. The smallest absolute Gasteiger partial charge is 0.154 e. The van der Waals surface area contributed by atoms with Crippen LogP contribution in [-0.2, 0) is 6.42 Å². The molecule has 26 heavy (non-hydrogen) atoms. The van der Waals surface area contributed by atoms with Crippen LogP contribution in [0.15, 0.2) is 30.3 Å². The van der Waals surface area contributed by atoms with Gasteiger partial charge in [-0.2, -0.15) is 0 Å². The Balaban J connectivity index is 2.19. The van der Waals surface area contributed by atoms with E-state index >= 15 is 0 Å². The van der Waals surface area contributed by atoms with E-state index in [2.05, 4.69) is 0 Å². The molecular weight excluding hydrogens is 332 g/mol. The number of carbonyl (C=O) groups excluding carboxylic acids is 1. The van der Waals surface area contributed by atoms with Crippen LogP contribution >= 0.6 is 0 Å². The van der Waals surface area contributed by atoms with E-state index in [9.17, 15) is 25.2 Å². The normalized spacial score (nSPS) is 13.7. The van der Waals surface area contributed by atoms with Gasteiger partial charge < -0.3 is 20.4 Å². The first-order valence-corrected chi connectivity index (χ1v) is 8.35. The molecule has 2 aromatic carbocycles. The largest absolute Gasteiger partial charge is 0.508 e. The third-order valence-electron chi connectivity index (χ3n) is 4.59. The van der Waals surface area contributed by atoms with Crippen molar-refractivity contribution in [3.63, 3.8) is 0 Å². The monoisotopic (exact) mass is 356 g/mol. The molecule has 5 heteroatoms. The van der Waals surface area contributed by atoms with Crippen molar-refractivity contribution in [1.29, 1.82) is 0 Å². The van der Waals surface area contributed by atoms with Crippen molar-refractivity contribution in [2.24, 2.45) is 0 Å². The molecule has 2 aromatic rings. The highest BCUT2D eigenvalue weighted by atomic mass is 16.3. The fourth-order valence-corrected chi connectivity index (χ4v) is 2.96. The topological polar surface area (TPSA) is 98.0 Å². The summed E-state index contributed by atoms with van der Waals surface area (Å²) in [6, 6.07) is 5.73. The van der Waals surface area contributed by atoms with Gasteiger partial charge in [0.1, 0.15) is 17.2 Å². The quantitative estimate of drug-likeness (QED) is 0.468. The molecule has 0 radical (unpaired) electrons. The lowest BCUT2D eigenvalue weighted by Gasteiger charge is -2.21. The van der Waals surface area contributed by atoms with Gasteiger partial charge in [0.15, 0.2) is 6.29 Å². The van der Waals surface area contributed by atoms with Gasteiger partial charge in [-0.05, 0) is 74.6 Å². The number of hydrogen-bond donors (Lipinski definition) is 4. The van der Waals surface area contributed by atoms with E-state index in [-0.39, 0.29) is 22.8 Å². The van der Waals surface area contributed by atoms with Crippen LogP contribution < -0.4 is 0 Å². The van der Waals surface area contributed by atoms with Crippen LogP contribution in [0, 0.1) is 13.8 Å². The molecule has 0 spiro atoms. The van der Waals surface area contributed by atoms with Crippen molar-refractivity contribution >= 4 is 12.4 Å². The fraction of sp³-hybridized carbons (Fsp3) is 0.286. The van der Waals surface area contributed by atoms with Crippen LogP contribution in [0.3, 0.4) is 0 Å². The van der Waals surface area contributed by atoms with E-state index < -0.39 is 5.60 Å².